The van der Waals surface area contributed by atoms with Gasteiger partial charge < -0.3 is 10.5 Å². The number of hydrogen-bond donors (Lipinski definition) is 1. The lowest BCUT2D eigenvalue weighted by Crippen LogP contribution is -2.33. The molecular formula is C12H17FN2O4S. The number of carbonyl (C=O) groups is 1. The fourth-order valence-corrected chi connectivity index (χ4v) is 2.94. The summed E-state index contributed by atoms with van der Waals surface area (Å²) in [4.78, 5) is 11.2. The van der Waals surface area contributed by atoms with Gasteiger partial charge in [-0.1, -0.05) is 0 Å². The molecule has 0 radical (unpaired) electrons. The number of ether oxygens (including phenoxy) is 1. The minimum Gasteiger partial charge on any atom is -0.465 e. The van der Waals surface area contributed by atoms with E-state index in [1.807, 2.05) is 0 Å². The first-order valence-electron chi connectivity index (χ1n) is 5.87. The second kappa shape index (κ2) is 6.19. The first-order valence-corrected chi connectivity index (χ1v) is 7.31. The molecule has 0 heterocycles. The molecule has 112 valence electrons. The summed E-state index contributed by atoms with van der Waals surface area (Å²) in [5, 5.41) is 0. The number of sulfonamides is 1. The van der Waals surface area contributed by atoms with Crippen molar-refractivity contribution in [2.75, 3.05) is 25.9 Å². The van der Waals surface area contributed by atoms with Crippen molar-refractivity contribution in [1.29, 1.82) is 0 Å². The molecule has 0 atom stereocenters. The Labute approximate surface area is 117 Å². The first kappa shape index (κ1) is 16.4. The van der Waals surface area contributed by atoms with Crippen LogP contribution in [0.4, 0.5) is 10.1 Å². The average Bonchev–Trinajstić information content (AvgIpc) is 2.33. The second-order valence-electron chi connectivity index (χ2n) is 4.21. The molecule has 0 aliphatic carbocycles. The Hall–Kier alpha value is -1.67. The highest BCUT2D eigenvalue weighted by atomic mass is 32.2. The Bertz CT molecular complexity index is 616. The van der Waals surface area contributed by atoms with Gasteiger partial charge in [-0.2, -0.15) is 4.31 Å². The maximum atomic E-state index is 13.3. The summed E-state index contributed by atoms with van der Waals surface area (Å²) in [5.74, 6) is -1.35. The van der Waals surface area contributed by atoms with Crippen LogP contribution in [0.15, 0.2) is 17.0 Å². The molecule has 0 fully saturated rings. The van der Waals surface area contributed by atoms with Gasteiger partial charge in [0.05, 0.1) is 17.2 Å². The maximum absolute atomic E-state index is 13.3. The van der Waals surface area contributed by atoms with E-state index in [1.54, 1.807) is 6.92 Å². The molecular weight excluding hydrogens is 287 g/mol. The van der Waals surface area contributed by atoms with E-state index < -0.39 is 28.4 Å². The summed E-state index contributed by atoms with van der Waals surface area (Å²) in [6, 6.07) is 2.09. The number of nitrogen functional groups attached to an aromatic ring is 1. The van der Waals surface area contributed by atoms with Gasteiger partial charge in [0, 0.05) is 7.05 Å². The normalized spacial score (nSPS) is 11.7. The molecule has 1 aromatic rings. The second-order valence-corrected chi connectivity index (χ2v) is 6.22. The summed E-state index contributed by atoms with van der Waals surface area (Å²) >= 11 is 0. The van der Waals surface area contributed by atoms with Crippen LogP contribution in [0.25, 0.3) is 0 Å². The molecule has 0 aromatic heterocycles. The molecule has 0 amide bonds. The number of nitrogens with zero attached hydrogens (tertiary/aromatic N) is 1. The predicted molar refractivity (Wildman–Crippen MR) is 72.0 cm³/mol. The number of anilines is 1. The number of aryl methyl sites for hydroxylation is 1. The van der Waals surface area contributed by atoms with Gasteiger partial charge in [-0.15, -0.1) is 0 Å². The SMILES string of the molecule is CCOC(=O)CN(C)S(=O)(=O)c1cc(N)c(F)cc1C. The molecule has 20 heavy (non-hydrogen) atoms. The molecule has 1 aromatic carbocycles. The number of carbonyl (C=O) groups excluding carboxylic acids is 1. The van der Waals surface area contributed by atoms with Crippen molar-refractivity contribution in [2.45, 2.75) is 18.7 Å². The Balaban J connectivity index is 3.11. The van der Waals surface area contributed by atoms with E-state index in [0.717, 1.165) is 16.4 Å². The van der Waals surface area contributed by atoms with Crippen LogP contribution in [-0.2, 0) is 19.6 Å². The van der Waals surface area contributed by atoms with Gasteiger partial charge >= 0.3 is 5.97 Å². The number of likely N-dealkylation sites (N-methyl/N-ethyl adjacent to an activating group) is 1. The molecule has 0 saturated carbocycles. The fourth-order valence-electron chi connectivity index (χ4n) is 1.59. The lowest BCUT2D eigenvalue weighted by Gasteiger charge is -2.18. The maximum Gasteiger partial charge on any atom is 0.321 e. The number of esters is 1. The Morgan fingerprint density at radius 2 is 2.05 bits per heavy atom. The monoisotopic (exact) mass is 304 g/mol. The smallest absolute Gasteiger partial charge is 0.321 e. The molecule has 0 aliphatic rings. The van der Waals surface area contributed by atoms with Crippen LogP contribution in [0.2, 0.25) is 0 Å². The van der Waals surface area contributed by atoms with E-state index in [1.165, 1.54) is 14.0 Å². The van der Waals surface area contributed by atoms with Crippen molar-refractivity contribution in [1.82, 2.24) is 4.31 Å². The van der Waals surface area contributed by atoms with Crippen LogP contribution in [0, 0.1) is 12.7 Å². The summed E-state index contributed by atoms with van der Waals surface area (Å²) < 4.78 is 43.4. The third-order valence-corrected chi connectivity index (χ3v) is 4.58. The predicted octanol–water partition coefficient (Wildman–Crippen LogP) is 0.900. The van der Waals surface area contributed by atoms with E-state index in [0.29, 0.717) is 0 Å². The molecule has 0 bridgehead atoms. The van der Waals surface area contributed by atoms with E-state index in [4.69, 9.17) is 5.73 Å². The van der Waals surface area contributed by atoms with E-state index >= 15 is 0 Å². The topological polar surface area (TPSA) is 89.7 Å². The first-order chi connectivity index (χ1) is 9.20. The number of hydrogen-bond acceptors (Lipinski definition) is 5. The van der Waals surface area contributed by atoms with Crippen LogP contribution in [-0.4, -0.2) is 38.9 Å². The van der Waals surface area contributed by atoms with Gasteiger partial charge in [-0.25, -0.2) is 12.8 Å². The van der Waals surface area contributed by atoms with Crippen molar-refractivity contribution < 1.29 is 22.3 Å². The Kier molecular flexibility index (Phi) is 5.07. The molecule has 8 heteroatoms. The minimum atomic E-state index is -3.94. The van der Waals surface area contributed by atoms with Gasteiger partial charge in [-0.3, -0.25) is 4.79 Å². The van der Waals surface area contributed by atoms with Crippen molar-refractivity contribution in [3.8, 4) is 0 Å². The summed E-state index contributed by atoms with van der Waals surface area (Å²) in [5.41, 5.74) is 5.34. The van der Waals surface area contributed by atoms with E-state index in [-0.39, 0.29) is 22.8 Å². The molecule has 2 N–H and O–H groups in total. The summed E-state index contributed by atoms with van der Waals surface area (Å²) in [6.45, 7) is 2.81. The molecule has 0 unspecified atom stereocenters. The standard InChI is InChI=1S/C12H17FN2O4S/c1-4-19-12(16)7-15(3)20(17,18)11-6-10(14)9(13)5-8(11)2/h5-6H,4,7,14H2,1-3H3. The zero-order valence-electron chi connectivity index (χ0n) is 11.5. The number of halogens is 1. The molecule has 0 spiro atoms. The fraction of sp³-hybridized carbons (Fsp3) is 0.417. The van der Waals surface area contributed by atoms with Crippen LogP contribution < -0.4 is 5.73 Å². The van der Waals surface area contributed by atoms with Crippen molar-refractivity contribution in [3.63, 3.8) is 0 Å². The van der Waals surface area contributed by atoms with E-state index in [9.17, 15) is 17.6 Å². The van der Waals surface area contributed by atoms with Crippen molar-refractivity contribution >= 4 is 21.7 Å². The van der Waals surface area contributed by atoms with Crippen LogP contribution in [0.5, 0.6) is 0 Å². The molecule has 1 rings (SSSR count). The number of nitrogens with two attached hydrogens (primary N) is 1. The minimum absolute atomic E-state index is 0.136. The van der Waals surface area contributed by atoms with Gasteiger partial charge in [-0.05, 0) is 31.5 Å². The molecule has 6 nitrogen and oxygen atoms in total. The zero-order valence-corrected chi connectivity index (χ0v) is 12.3. The van der Waals surface area contributed by atoms with Crippen LogP contribution >= 0.6 is 0 Å². The lowest BCUT2D eigenvalue weighted by molar-refractivity contribution is -0.143. The summed E-state index contributed by atoms with van der Waals surface area (Å²) in [7, 11) is -2.70. The van der Waals surface area contributed by atoms with Crippen molar-refractivity contribution in [2.24, 2.45) is 0 Å². The molecule has 0 saturated heterocycles. The highest BCUT2D eigenvalue weighted by Gasteiger charge is 2.26. The highest BCUT2D eigenvalue weighted by Crippen LogP contribution is 2.23. The Morgan fingerprint density at radius 1 is 1.45 bits per heavy atom. The number of rotatable bonds is 5. The third kappa shape index (κ3) is 3.45. The van der Waals surface area contributed by atoms with Gasteiger partial charge in [0.2, 0.25) is 10.0 Å². The third-order valence-electron chi connectivity index (χ3n) is 2.64. The molecule has 0 aliphatic heterocycles. The largest absolute Gasteiger partial charge is 0.465 e. The Morgan fingerprint density at radius 3 is 2.60 bits per heavy atom. The average molecular weight is 304 g/mol. The highest BCUT2D eigenvalue weighted by molar-refractivity contribution is 7.89. The summed E-state index contributed by atoms with van der Waals surface area (Å²) in [6.07, 6.45) is 0. The van der Waals surface area contributed by atoms with Crippen LogP contribution in [0.3, 0.4) is 0 Å². The van der Waals surface area contributed by atoms with E-state index in [2.05, 4.69) is 4.74 Å². The van der Waals surface area contributed by atoms with Gasteiger partial charge in [0.15, 0.2) is 0 Å². The van der Waals surface area contributed by atoms with Gasteiger partial charge in [0.1, 0.15) is 12.4 Å². The van der Waals surface area contributed by atoms with Crippen molar-refractivity contribution in [3.05, 3.63) is 23.5 Å². The van der Waals surface area contributed by atoms with Crippen LogP contribution in [0.1, 0.15) is 12.5 Å². The quantitative estimate of drug-likeness (QED) is 0.645. The van der Waals surface area contributed by atoms with Gasteiger partial charge in [0.25, 0.3) is 0 Å². The lowest BCUT2D eigenvalue weighted by atomic mass is 10.2. The zero-order chi connectivity index (χ0) is 15.5. The number of benzene rings is 1.